The van der Waals surface area contributed by atoms with Crippen molar-refractivity contribution >= 4 is 6.09 Å². The van der Waals surface area contributed by atoms with E-state index in [4.69, 9.17) is 4.74 Å². The van der Waals surface area contributed by atoms with Crippen LogP contribution >= 0.6 is 0 Å². The van der Waals surface area contributed by atoms with Crippen molar-refractivity contribution in [2.24, 2.45) is 0 Å². The van der Waals surface area contributed by atoms with Crippen LogP contribution < -0.4 is 0 Å². The molecule has 3 aromatic rings. The SMILES string of the molecule is COC(=O)N(Cc1ccc(C)cc1)Cc1ccccc1C1CCN(Cc2ccc(F)cc2)CC1. The second-order valence-electron chi connectivity index (χ2n) is 9.19. The van der Waals surface area contributed by atoms with Crippen molar-refractivity contribution in [2.75, 3.05) is 20.2 Å². The second kappa shape index (κ2) is 11.3. The number of piperidine rings is 1. The summed E-state index contributed by atoms with van der Waals surface area (Å²) in [6.45, 7) is 5.94. The highest BCUT2D eigenvalue weighted by molar-refractivity contribution is 5.67. The highest BCUT2D eigenvalue weighted by Gasteiger charge is 2.24. The van der Waals surface area contributed by atoms with Crippen LogP contribution in [-0.4, -0.2) is 36.1 Å². The summed E-state index contributed by atoms with van der Waals surface area (Å²) in [4.78, 5) is 16.8. The molecule has 1 aliphatic rings. The highest BCUT2D eigenvalue weighted by atomic mass is 19.1. The van der Waals surface area contributed by atoms with Gasteiger partial charge in [-0.2, -0.15) is 0 Å². The predicted octanol–water partition coefficient (Wildman–Crippen LogP) is 6.28. The number of aryl methyl sites for hydroxylation is 1. The fraction of sp³-hybridized carbons (Fsp3) is 0.345. The molecular formula is C29H33FN2O2. The molecule has 0 bridgehead atoms. The number of halogens is 1. The molecule has 0 spiro atoms. The van der Waals surface area contributed by atoms with Gasteiger partial charge in [0.05, 0.1) is 7.11 Å². The van der Waals surface area contributed by atoms with Crippen LogP contribution in [0.1, 0.15) is 46.6 Å². The summed E-state index contributed by atoms with van der Waals surface area (Å²) in [6, 6.07) is 23.5. The number of rotatable bonds is 7. The number of hydrogen-bond donors (Lipinski definition) is 0. The molecule has 1 heterocycles. The topological polar surface area (TPSA) is 32.8 Å². The molecule has 1 aliphatic heterocycles. The summed E-state index contributed by atoms with van der Waals surface area (Å²) in [5.41, 5.74) is 5.93. The quantitative estimate of drug-likeness (QED) is 0.416. The van der Waals surface area contributed by atoms with E-state index >= 15 is 0 Å². The van der Waals surface area contributed by atoms with Crippen LogP contribution in [0.15, 0.2) is 72.8 Å². The lowest BCUT2D eigenvalue weighted by Crippen LogP contribution is -2.33. The number of carbonyl (C=O) groups excluding carboxylic acids is 1. The van der Waals surface area contributed by atoms with Gasteiger partial charge in [0.1, 0.15) is 5.82 Å². The fourth-order valence-corrected chi connectivity index (χ4v) is 4.76. The van der Waals surface area contributed by atoms with E-state index in [9.17, 15) is 9.18 Å². The minimum absolute atomic E-state index is 0.192. The molecule has 0 atom stereocenters. The Morgan fingerprint density at radius 2 is 1.59 bits per heavy atom. The number of amides is 1. The van der Waals surface area contributed by atoms with Crippen LogP contribution in [0.5, 0.6) is 0 Å². The molecule has 178 valence electrons. The molecule has 1 amide bonds. The summed E-state index contributed by atoms with van der Waals surface area (Å²) in [5.74, 6) is 0.266. The van der Waals surface area contributed by atoms with Crippen LogP contribution in [-0.2, 0) is 24.4 Å². The maximum Gasteiger partial charge on any atom is 0.410 e. The average molecular weight is 461 g/mol. The molecule has 1 saturated heterocycles. The summed E-state index contributed by atoms with van der Waals surface area (Å²) in [7, 11) is 1.44. The van der Waals surface area contributed by atoms with E-state index in [0.717, 1.165) is 43.6 Å². The minimum Gasteiger partial charge on any atom is -0.453 e. The molecule has 4 rings (SSSR count). The Bertz CT molecular complexity index is 1070. The first-order valence-corrected chi connectivity index (χ1v) is 11.9. The van der Waals surface area contributed by atoms with Crippen LogP contribution in [0.4, 0.5) is 9.18 Å². The smallest absolute Gasteiger partial charge is 0.410 e. The summed E-state index contributed by atoms with van der Waals surface area (Å²) < 4.78 is 18.3. The van der Waals surface area contributed by atoms with Crippen LogP contribution in [0.3, 0.4) is 0 Å². The molecule has 0 aromatic heterocycles. The lowest BCUT2D eigenvalue weighted by atomic mass is 9.86. The Labute approximate surface area is 202 Å². The van der Waals surface area contributed by atoms with E-state index in [2.05, 4.69) is 54.3 Å². The maximum absolute atomic E-state index is 13.2. The van der Waals surface area contributed by atoms with Gasteiger partial charge in [0.15, 0.2) is 0 Å². The Hall–Kier alpha value is -3.18. The molecule has 0 N–H and O–H groups in total. The Kier molecular flexibility index (Phi) is 7.96. The van der Waals surface area contributed by atoms with Crippen LogP contribution in [0.2, 0.25) is 0 Å². The molecule has 0 saturated carbocycles. The highest BCUT2D eigenvalue weighted by Crippen LogP contribution is 2.32. The van der Waals surface area contributed by atoms with Gasteiger partial charge in [-0.1, -0.05) is 66.2 Å². The van der Waals surface area contributed by atoms with E-state index in [1.54, 1.807) is 4.90 Å². The maximum atomic E-state index is 13.2. The molecule has 4 nitrogen and oxygen atoms in total. The lowest BCUT2D eigenvalue weighted by molar-refractivity contribution is 0.117. The third kappa shape index (κ3) is 6.23. The Morgan fingerprint density at radius 3 is 2.26 bits per heavy atom. The van der Waals surface area contributed by atoms with Crippen molar-refractivity contribution in [2.45, 2.75) is 45.3 Å². The van der Waals surface area contributed by atoms with Crippen molar-refractivity contribution in [3.63, 3.8) is 0 Å². The number of nitrogens with zero attached hydrogens (tertiary/aromatic N) is 2. The first kappa shape index (κ1) is 24.0. The molecule has 3 aromatic carbocycles. The van der Waals surface area contributed by atoms with Gasteiger partial charge >= 0.3 is 6.09 Å². The number of hydrogen-bond acceptors (Lipinski definition) is 3. The molecular weight excluding hydrogens is 427 g/mol. The van der Waals surface area contributed by atoms with Gasteiger partial charge in [-0.3, -0.25) is 9.80 Å². The average Bonchev–Trinajstić information content (AvgIpc) is 2.87. The molecule has 0 unspecified atom stereocenters. The van der Waals surface area contributed by atoms with Crippen molar-refractivity contribution in [3.8, 4) is 0 Å². The number of methoxy groups -OCH3 is 1. The third-order valence-electron chi connectivity index (χ3n) is 6.69. The van der Waals surface area contributed by atoms with Gasteiger partial charge in [-0.15, -0.1) is 0 Å². The van der Waals surface area contributed by atoms with E-state index in [1.165, 1.54) is 35.9 Å². The van der Waals surface area contributed by atoms with Gasteiger partial charge in [-0.05, 0) is 73.2 Å². The van der Waals surface area contributed by atoms with Gasteiger partial charge in [0.25, 0.3) is 0 Å². The number of ether oxygens (including phenoxy) is 1. The lowest BCUT2D eigenvalue weighted by Gasteiger charge is -2.33. The monoisotopic (exact) mass is 460 g/mol. The van der Waals surface area contributed by atoms with Crippen molar-refractivity contribution in [1.82, 2.24) is 9.80 Å². The predicted molar refractivity (Wildman–Crippen MR) is 133 cm³/mol. The largest absolute Gasteiger partial charge is 0.453 e. The van der Waals surface area contributed by atoms with Gasteiger partial charge in [0.2, 0.25) is 0 Å². The zero-order valence-electron chi connectivity index (χ0n) is 20.0. The molecule has 0 aliphatic carbocycles. The van der Waals surface area contributed by atoms with E-state index < -0.39 is 0 Å². The molecule has 34 heavy (non-hydrogen) atoms. The number of carbonyl (C=O) groups is 1. The third-order valence-corrected chi connectivity index (χ3v) is 6.69. The number of likely N-dealkylation sites (tertiary alicyclic amines) is 1. The zero-order valence-corrected chi connectivity index (χ0v) is 20.0. The van der Waals surface area contributed by atoms with E-state index in [1.807, 2.05) is 18.2 Å². The second-order valence-corrected chi connectivity index (χ2v) is 9.19. The van der Waals surface area contributed by atoms with E-state index in [0.29, 0.717) is 19.0 Å². The molecule has 5 heteroatoms. The van der Waals surface area contributed by atoms with Crippen molar-refractivity contribution < 1.29 is 13.9 Å². The standard InChI is InChI=1S/C29H33FN2O2/c1-22-7-9-24(10-8-22)20-32(29(33)34-2)21-26-5-3-4-6-28(26)25-15-17-31(18-16-25)19-23-11-13-27(30)14-12-23/h3-14,25H,15-21H2,1-2H3. The number of benzene rings is 3. The molecule has 0 radical (unpaired) electrons. The minimum atomic E-state index is -0.315. The first-order chi connectivity index (χ1) is 16.5. The summed E-state index contributed by atoms with van der Waals surface area (Å²) in [6.07, 6.45) is 1.81. The Balaban J connectivity index is 1.42. The summed E-state index contributed by atoms with van der Waals surface area (Å²) in [5, 5.41) is 0. The normalized spacial score (nSPS) is 14.7. The van der Waals surface area contributed by atoms with Gasteiger partial charge in [-0.25, -0.2) is 9.18 Å². The first-order valence-electron chi connectivity index (χ1n) is 11.9. The van der Waals surface area contributed by atoms with Gasteiger partial charge in [0, 0.05) is 19.6 Å². The van der Waals surface area contributed by atoms with Crippen molar-refractivity contribution in [3.05, 3.63) is 106 Å². The van der Waals surface area contributed by atoms with E-state index in [-0.39, 0.29) is 11.9 Å². The van der Waals surface area contributed by atoms with Crippen molar-refractivity contribution in [1.29, 1.82) is 0 Å². The van der Waals surface area contributed by atoms with Gasteiger partial charge < -0.3 is 4.74 Å². The van der Waals surface area contributed by atoms with Crippen LogP contribution in [0, 0.1) is 12.7 Å². The van der Waals surface area contributed by atoms with Crippen LogP contribution in [0.25, 0.3) is 0 Å². The molecule has 1 fully saturated rings. The zero-order chi connectivity index (χ0) is 23.9. The summed E-state index contributed by atoms with van der Waals surface area (Å²) >= 11 is 0. The fourth-order valence-electron chi connectivity index (χ4n) is 4.76. The Morgan fingerprint density at radius 1 is 0.941 bits per heavy atom.